The number of phenolic OH excluding ortho intramolecular Hbond substituents is 2. The summed E-state index contributed by atoms with van der Waals surface area (Å²) in [6.45, 7) is 10.2. The maximum atomic E-state index is 10.3. The van der Waals surface area contributed by atoms with Gasteiger partial charge < -0.3 is 10.2 Å². The molecule has 0 atom stereocenters. The van der Waals surface area contributed by atoms with E-state index in [1.807, 2.05) is 27.7 Å². The number of aromatic hydroxyl groups is 2. The molecule has 0 saturated carbocycles. The first-order valence-electron chi connectivity index (χ1n) is 14.4. The SMILES string of the molecule is CCCCCCCCCCCCCCCCC(c1cc(C)c(O)c(C)c1)c1cc(C)c(O)c(C)c1. The van der Waals surface area contributed by atoms with Crippen LogP contribution in [0.15, 0.2) is 24.3 Å². The zero-order valence-corrected chi connectivity index (χ0v) is 23.4. The van der Waals surface area contributed by atoms with Gasteiger partial charge in [0.2, 0.25) is 0 Å². The Kier molecular flexibility index (Phi) is 13.3. The predicted octanol–water partition coefficient (Wildman–Crippen LogP) is 10.3. The predicted molar refractivity (Wildman–Crippen MR) is 152 cm³/mol. The maximum Gasteiger partial charge on any atom is 0.121 e. The van der Waals surface area contributed by atoms with E-state index in [1.54, 1.807) is 0 Å². The average molecular weight is 481 g/mol. The molecule has 0 spiro atoms. The van der Waals surface area contributed by atoms with Gasteiger partial charge in [0.25, 0.3) is 0 Å². The van der Waals surface area contributed by atoms with E-state index >= 15 is 0 Å². The molecule has 0 amide bonds. The monoisotopic (exact) mass is 480 g/mol. The van der Waals surface area contributed by atoms with Crippen LogP contribution in [0.5, 0.6) is 11.5 Å². The van der Waals surface area contributed by atoms with E-state index in [2.05, 4.69) is 31.2 Å². The van der Waals surface area contributed by atoms with Crippen LogP contribution in [0.25, 0.3) is 0 Å². The molecule has 0 aliphatic heterocycles. The minimum Gasteiger partial charge on any atom is -0.507 e. The molecule has 0 bridgehead atoms. The lowest BCUT2D eigenvalue weighted by molar-refractivity contribution is 0.465. The first-order chi connectivity index (χ1) is 16.8. The molecule has 0 radical (unpaired) electrons. The molecule has 0 aliphatic rings. The lowest BCUT2D eigenvalue weighted by Crippen LogP contribution is -2.04. The second-order valence-electron chi connectivity index (χ2n) is 10.9. The van der Waals surface area contributed by atoms with Crippen molar-refractivity contribution in [2.45, 2.75) is 137 Å². The van der Waals surface area contributed by atoms with Crippen LogP contribution in [-0.2, 0) is 0 Å². The normalized spacial score (nSPS) is 11.5. The summed E-state index contributed by atoms with van der Waals surface area (Å²) in [5, 5.41) is 20.6. The Morgan fingerprint density at radius 2 is 0.771 bits per heavy atom. The lowest BCUT2D eigenvalue weighted by atomic mass is 9.83. The van der Waals surface area contributed by atoms with Crippen LogP contribution >= 0.6 is 0 Å². The summed E-state index contributed by atoms with van der Waals surface area (Å²) < 4.78 is 0. The third-order valence-corrected chi connectivity index (χ3v) is 7.68. The molecular weight excluding hydrogens is 428 g/mol. The molecule has 0 fully saturated rings. The number of rotatable bonds is 17. The van der Waals surface area contributed by atoms with Crippen molar-refractivity contribution in [1.82, 2.24) is 0 Å². The molecule has 2 aromatic rings. The maximum absolute atomic E-state index is 10.3. The Bertz CT molecular complexity index is 779. The third kappa shape index (κ3) is 9.90. The molecule has 0 saturated heterocycles. The molecule has 0 heterocycles. The molecule has 2 aromatic carbocycles. The van der Waals surface area contributed by atoms with Crippen LogP contribution in [0.2, 0.25) is 0 Å². The molecule has 35 heavy (non-hydrogen) atoms. The molecule has 2 rings (SSSR count). The quantitative estimate of drug-likeness (QED) is 0.221. The van der Waals surface area contributed by atoms with Crippen LogP contribution in [0.4, 0.5) is 0 Å². The second kappa shape index (κ2) is 15.9. The van der Waals surface area contributed by atoms with Crippen molar-refractivity contribution in [2.75, 3.05) is 0 Å². The van der Waals surface area contributed by atoms with Gasteiger partial charge in [-0.15, -0.1) is 0 Å². The van der Waals surface area contributed by atoms with Crippen molar-refractivity contribution >= 4 is 0 Å². The van der Waals surface area contributed by atoms with Gasteiger partial charge in [0, 0.05) is 5.92 Å². The van der Waals surface area contributed by atoms with E-state index in [-0.39, 0.29) is 0 Å². The van der Waals surface area contributed by atoms with Gasteiger partial charge in [0.15, 0.2) is 0 Å². The number of hydrogen-bond acceptors (Lipinski definition) is 2. The van der Waals surface area contributed by atoms with E-state index in [0.717, 1.165) is 28.7 Å². The van der Waals surface area contributed by atoms with Crippen molar-refractivity contribution in [3.8, 4) is 11.5 Å². The van der Waals surface area contributed by atoms with Crippen LogP contribution in [-0.4, -0.2) is 10.2 Å². The number of phenols is 2. The topological polar surface area (TPSA) is 40.5 Å². The van der Waals surface area contributed by atoms with E-state index in [0.29, 0.717) is 17.4 Å². The number of benzene rings is 2. The highest BCUT2D eigenvalue weighted by Gasteiger charge is 2.18. The molecule has 2 nitrogen and oxygen atoms in total. The van der Waals surface area contributed by atoms with E-state index in [4.69, 9.17) is 0 Å². The fourth-order valence-corrected chi connectivity index (χ4v) is 5.45. The highest BCUT2D eigenvalue weighted by Crippen LogP contribution is 2.37. The second-order valence-corrected chi connectivity index (χ2v) is 10.9. The molecule has 2 N–H and O–H groups in total. The van der Waals surface area contributed by atoms with E-state index in [9.17, 15) is 10.2 Å². The van der Waals surface area contributed by atoms with Gasteiger partial charge in [-0.2, -0.15) is 0 Å². The molecule has 0 aliphatic carbocycles. The first-order valence-corrected chi connectivity index (χ1v) is 14.4. The van der Waals surface area contributed by atoms with Crippen molar-refractivity contribution < 1.29 is 10.2 Å². The lowest BCUT2D eigenvalue weighted by Gasteiger charge is -2.21. The zero-order valence-electron chi connectivity index (χ0n) is 23.4. The Hall–Kier alpha value is -1.96. The molecule has 196 valence electrons. The largest absolute Gasteiger partial charge is 0.507 e. The molecular formula is C33H52O2. The van der Waals surface area contributed by atoms with Crippen molar-refractivity contribution in [3.05, 3.63) is 57.6 Å². The smallest absolute Gasteiger partial charge is 0.121 e. The van der Waals surface area contributed by atoms with Crippen molar-refractivity contribution in [2.24, 2.45) is 0 Å². The van der Waals surface area contributed by atoms with E-state index < -0.39 is 0 Å². The fourth-order valence-electron chi connectivity index (χ4n) is 5.45. The summed E-state index contributed by atoms with van der Waals surface area (Å²) in [6.07, 6.45) is 20.3. The molecule has 0 unspecified atom stereocenters. The van der Waals surface area contributed by atoms with Crippen LogP contribution in [0.1, 0.15) is 143 Å². The average Bonchev–Trinajstić information content (AvgIpc) is 2.83. The van der Waals surface area contributed by atoms with Gasteiger partial charge in [0.1, 0.15) is 11.5 Å². The summed E-state index contributed by atoms with van der Waals surface area (Å²) in [4.78, 5) is 0. The van der Waals surface area contributed by atoms with Crippen molar-refractivity contribution in [3.63, 3.8) is 0 Å². The summed E-state index contributed by atoms with van der Waals surface area (Å²) >= 11 is 0. The minimum absolute atomic E-state index is 0.295. The third-order valence-electron chi connectivity index (χ3n) is 7.68. The number of unbranched alkanes of at least 4 members (excludes halogenated alkanes) is 13. The van der Waals surface area contributed by atoms with Crippen molar-refractivity contribution in [1.29, 1.82) is 0 Å². The van der Waals surface area contributed by atoms with Gasteiger partial charge in [-0.1, -0.05) is 121 Å². The highest BCUT2D eigenvalue weighted by atomic mass is 16.3. The zero-order chi connectivity index (χ0) is 25.6. The van der Waals surface area contributed by atoms with Crippen LogP contribution < -0.4 is 0 Å². The fraction of sp³-hybridized carbons (Fsp3) is 0.636. The van der Waals surface area contributed by atoms with Gasteiger partial charge >= 0.3 is 0 Å². The Balaban J connectivity index is 1.80. The van der Waals surface area contributed by atoms with Gasteiger partial charge in [0.05, 0.1) is 0 Å². The first kappa shape index (κ1) is 29.3. The summed E-state index contributed by atoms with van der Waals surface area (Å²) in [7, 11) is 0. The van der Waals surface area contributed by atoms with Gasteiger partial charge in [-0.05, 0) is 67.5 Å². The van der Waals surface area contributed by atoms with Gasteiger partial charge in [-0.25, -0.2) is 0 Å². The Morgan fingerprint density at radius 3 is 1.09 bits per heavy atom. The van der Waals surface area contributed by atoms with Gasteiger partial charge in [-0.3, -0.25) is 0 Å². The summed E-state index contributed by atoms with van der Waals surface area (Å²) in [6, 6.07) is 8.59. The summed E-state index contributed by atoms with van der Waals surface area (Å²) in [5.41, 5.74) is 6.32. The standard InChI is InChI=1S/C33H52O2/c1-6-7-8-9-10-11-12-13-14-15-16-17-18-19-20-31(29-21-25(2)32(34)26(3)22-29)30-23-27(4)33(35)28(5)24-30/h21-24,31,34-35H,6-20H2,1-5H3. The molecule has 2 heteroatoms. The highest BCUT2D eigenvalue weighted by molar-refractivity contribution is 5.49. The number of aryl methyl sites for hydroxylation is 4. The minimum atomic E-state index is 0.295. The van der Waals surface area contributed by atoms with Crippen LogP contribution in [0.3, 0.4) is 0 Å². The van der Waals surface area contributed by atoms with E-state index in [1.165, 1.54) is 101 Å². The Morgan fingerprint density at radius 1 is 0.486 bits per heavy atom. The summed E-state index contributed by atoms with van der Waals surface area (Å²) in [5.74, 6) is 1.10. The molecule has 0 aromatic heterocycles. The number of hydrogen-bond donors (Lipinski definition) is 2. The van der Waals surface area contributed by atoms with Crippen LogP contribution in [0, 0.1) is 27.7 Å². The Labute approximate surface area is 216 Å².